The van der Waals surface area contributed by atoms with Crippen molar-refractivity contribution in [2.24, 2.45) is 5.92 Å². The molecule has 0 bridgehead atoms. The third kappa shape index (κ3) is 2.83. The first-order chi connectivity index (χ1) is 8.43. The first-order valence-electron chi connectivity index (χ1n) is 7.48. The summed E-state index contributed by atoms with van der Waals surface area (Å²) >= 11 is 0. The first-order valence-corrected chi connectivity index (χ1v) is 7.48. The van der Waals surface area contributed by atoms with Crippen LogP contribution in [0.3, 0.4) is 0 Å². The number of piperazine rings is 1. The summed E-state index contributed by atoms with van der Waals surface area (Å²) in [6.07, 6.45) is 8.52. The summed E-state index contributed by atoms with van der Waals surface area (Å²) in [5.74, 6) is 0.939. The van der Waals surface area contributed by atoms with E-state index in [2.05, 4.69) is 10.2 Å². The van der Waals surface area contributed by atoms with Crippen molar-refractivity contribution in [1.82, 2.24) is 10.2 Å². The van der Waals surface area contributed by atoms with Gasteiger partial charge in [-0.2, -0.15) is 0 Å². The number of rotatable bonds is 2. The van der Waals surface area contributed by atoms with Crippen molar-refractivity contribution in [1.29, 1.82) is 0 Å². The molecule has 2 atom stereocenters. The van der Waals surface area contributed by atoms with E-state index >= 15 is 0 Å². The van der Waals surface area contributed by atoms with Crippen LogP contribution in [0.15, 0.2) is 0 Å². The normalized spacial score (nSPS) is 37.4. The maximum absolute atomic E-state index is 5.53. The molecule has 3 aliphatic rings. The highest BCUT2D eigenvalue weighted by molar-refractivity contribution is 4.89. The van der Waals surface area contributed by atoms with Gasteiger partial charge in [-0.25, -0.2) is 0 Å². The Kier molecular flexibility index (Phi) is 3.99. The molecule has 1 N–H and O–H groups in total. The molecule has 3 heteroatoms. The number of ether oxygens (including phenoxy) is 1. The second-order valence-corrected chi connectivity index (χ2v) is 5.97. The molecule has 2 heterocycles. The van der Waals surface area contributed by atoms with Gasteiger partial charge in [0.25, 0.3) is 0 Å². The van der Waals surface area contributed by atoms with Crippen molar-refractivity contribution >= 4 is 0 Å². The Balaban J connectivity index is 1.54. The van der Waals surface area contributed by atoms with Crippen molar-refractivity contribution in [3.63, 3.8) is 0 Å². The average molecular weight is 238 g/mol. The lowest BCUT2D eigenvalue weighted by atomic mass is 9.83. The molecule has 1 saturated carbocycles. The molecule has 3 rings (SSSR count). The minimum Gasteiger partial charge on any atom is -0.380 e. The largest absolute Gasteiger partial charge is 0.380 e. The molecule has 2 aliphatic heterocycles. The minimum atomic E-state index is 0.711. The lowest BCUT2D eigenvalue weighted by Crippen LogP contribution is -2.56. The lowest BCUT2D eigenvalue weighted by molar-refractivity contribution is 0.0942. The Labute approximate surface area is 105 Å². The zero-order chi connectivity index (χ0) is 11.5. The third-order valence-corrected chi connectivity index (χ3v) is 4.88. The smallest absolute Gasteiger partial charge is 0.0622 e. The number of hydrogen-bond donors (Lipinski definition) is 1. The highest BCUT2D eigenvalue weighted by atomic mass is 16.5. The fourth-order valence-corrected chi connectivity index (χ4v) is 3.80. The van der Waals surface area contributed by atoms with Gasteiger partial charge in [0, 0.05) is 38.3 Å². The predicted molar refractivity (Wildman–Crippen MR) is 69.2 cm³/mol. The molecule has 17 heavy (non-hydrogen) atoms. The topological polar surface area (TPSA) is 24.5 Å². The lowest BCUT2D eigenvalue weighted by Gasteiger charge is -2.41. The van der Waals surface area contributed by atoms with E-state index in [0.717, 1.165) is 25.2 Å². The van der Waals surface area contributed by atoms with Crippen LogP contribution in [0, 0.1) is 5.92 Å². The van der Waals surface area contributed by atoms with Crippen LogP contribution in [0.2, 0.25) is 0 Å². The van der Waals surface area contributed by atoms with E-state index in [0.29, 0.717) is 6.04 Å². The van der Waals surface area contributed by atoms with E-state index in [-0.39, 0.29) is 0 Å². The summed E-state index contributed by atoms with van der Waals surface area (Å²) in [6, 6.07) is 1.47. The van der Waals surface area contributed by atoms with Crippen LogP contribution in [0.4, 0.5) is 0 Å². The van der Waals surface area contributed by atoms with Crippen molar-refractivity contribution in [3.05, 3.63) is 0 Å². The molecular formula is C14H26N2O. The number of nitrogens with one attached hydrogen (secondary N) is 1. The third-order valence-electron chi connectivity index (χ3n) is 4.88. The second-order valence-electron chi connectivity index (χ2n) is 5.97. The van der Waals surface area contributed by atoms with Crippen molar-refractivity contribution < 1.29 is 4.74 Å². The zero-order valence-corrected chi connectivity index (χ0v) is 10.9. The van der Waals surface area contributed by atoms with Crippen LogP contribution in [-0.2, 0) is 4.74 Å². The molecule has 0 aromatic carbocycles. The van der Waals surface area contributed by atoms with Crippen LogP contribution < -0.4 is 5.32 Å². The van der Waals surface area contributed by atoms with Crippen molar-refractivity contribution in [2.75, 3.05) is 32.8 Å². The fourth-order valence-electron chi connectivity index (χ4n) is 3.80. The average Bonchev–Trinajstić information content (AvgIpc) is 2.94. The van der Waals surface area contributed by atoms with E-state index in [9.17, 15) is 0 Å². The highest BCUT2D eigenvalue weighted by Crippen LogP contribution is 2.28. The summed E-state index contributed by atoms with van der Waals surface area (Å²) in [5.41, 5.74) is 0. The molecule has 0 amide bonds. The van der Waals surface area contributed by atoms with Crippen LogP contribution in [0.1, 0.15) is 38.5 Å². The highest BCUT2D eigenvalue weighted by Gasteiger charge is 2.32. The molecular weight excluding hydrogens is 212 g/mol. The molecule has 2 saturated heterocycles. The number of hydrogen-bond acceptors (Lipinski definition) is 3. The van der Waals surface area contributed by atoms with Gasteiger partial charge in [0.2, 0.25) is 0 Å². The van der Waals surface area contributed by atoms with Gasteiger partial charge in [-0.15, -0.1) is 0 Å². The Bertz CT molecular complexity index is 234. The summed E-state index contributed by atoms with van der Waals surface area (Å²) in [5, 5.41) is 3.76. The predicted octanol–water partition coefficient (Wildman–Crippen LogP) is 1.63. The van der Waals surface area contributed by atoms with Crippen molar-refractivity contribution in [3.8, 4) is 0 Å². The Morgan fingerprint density at radius 2 is 1.94 bits per heavy atom. The Morgan fingerprint density at radius 3 is 2.71 bits per heavy atom. The maximum atomic E-state index is 5.53. The summed E-state index contributed by atoms with van der Waals surface area (Å²) < 4.78 is 5.53. The standard InChI is InChI=1S/C14H26N2O/c1-2-4-12(5-3-1)14-10-16(8-7-15-14)13-6-9-17-11-13/h12-15H,1-11H2. The zero-order valence-electron chi connectivity index (χ0n) is 10.9. The van der Waals surface area contributed by atoms with Gasteiger partial charge in [-0.1, -0.05) is 19.3 Å². The van der Waals surface area contributed by atoms with Crippen LogP contribution in [0.25, 0.3) is 0 Å². The Morgan fingerprint density at radius 1 is 1.06 bits per heavy atom. The maximum Gasteiger partial charge on any atom is 0.0622 e. The van der Waals surface area contributed by atoms with Gasteiger partial charge in [0.15, 0.2) is 0 Å². The van der Waals surface area contributed by atoms with E-state index in [4.69, 9.17) is 4.74 Å². The number of nitrogens with zero attached hydrogens (tertiary/aromatic N) is 1. The van der Waals surface area contributed by atoms with Gasteiger partial charge in [0.1, 0.15) is 0 Å². The summed E-state index contributed by atoms with van der Waals surface area (Å²) in [7, 11) is 0. The van der Waals surface area contributed by atoms with Gasteiger partial charge < -0.3 is 10.1 Å². The molecule has 98 valence electrons. The first kappa shape index (κ1) is 11.9. The molecule has 1 aliphatic carbocycles. The van der Waals surface area contributed by atoms with Gasteiger partial charge in [-0.05, 0) is 25.2 Å². The molecule has 0 aromatic rings. The van der Waals surface area contributed by atoms with Gasteiger partial charge >= 0.3 is 0 Å². The van der Waals surface area contributed by atoms with Gasteiger partial charge in [0.05, 0.1) is 6.61 Å². The van der Waals surface area contributed by atoms with E-state index in [1.54, 1.807) is 0 Å². The van der Waals surface area contributed by atoms with Crippen LogP contribution in [0.5, 0.6) is 0 Å². The fraction of sp³-hybridized carbons (Fsp3) is 1.00. The quantitative estimate of drug-likeness (QED) is 0.791. The summed E-state index contributed by atoms with van der Waals surface area (Å²) in [6.45, 7) is 5.60. The Hall–Kier alpha value is -0.120. The summed E-state index contributed by atoms with van der Waals surface area (Å²) in [4.78, 5) is 2.68. The molecule has 0 radical (unpaired) electrons. The van der Waals surface area contributed by atoms with E-state index in [1.807, 2.05) is 0 Å². The second kappa shape index (κ2) is 5.68. The monoisotopic (exact) mass is 238 g/mol. The SMILES string of the molecule is C1CCC(C2CN(C3CCOC3)CCN2)CC1. The van der Waals surface area contributed by atoms with Crippen LogP contribution >= 0.6 is 0 Å². The molecule has 0 aromatic heterocycles. The molecule has 3 fully saturated rings. The minimum absolute atomic E-state index is 0.711. The molecule has 2 unspecified atom stereocenters. The van der Waals surface area contributed by atoms with Gasteiger partial charge in [-0.3, -0.25) is 4.90 Å². The molecule has 0 spiro atoms. The van der Waals surface area contributed by atoms with E-state index < -0.39 is 0 Å². The van der Waals surface area contributed by atoms with E-state index in [1.165, 1.54) is 58.2 Å². The van der Waals surface area contributed by atoms with Crippen LogP contribution in [-0.4, -0.2) is 49.8 Å². The molecule has 3 nitrogen and oxygen atoms in total. The van der Waals surface area contributed by atoms with Crippen molar-refractivity contribution in [2.45, 2.75) is 50.6 Å².